The van der Waals surface area contributed by atoms with Crippen molar-refractivity contribution in [1.82, 2.24) is 9.80 Å². The van der Waals surface area contributed by atoms with Gasteiger partial charge in [0.25, 0.3) is 0 Å². The number of β-amino-alcohol motifs (C(OH)–C–C–N with tert-alkyl or cyclic N) is 1. The second-order valence-electron chi connectivity index (χ2n) is 4.92. The molecule has 3 nitrogen and oxygen atoms in total. The highest BCUT2D eigenvalue weighted by Crippen LogP contribution is 2.28. The fraction of sp³-hybridized carbons (Fsp3) is 1.00. The van der Waals surface area contributed by atoms with E-state index in [0.717, 1.165) is 19.1 Å². The van der Waals surface area contributed by atoms with Crippen LogP contribution in [-0.4, -0.2) is 59.3 Å². The number of nitrogens with zero attached hydrogens (tertiary/aromatic N) is 2. The van der Waals surface area contributed by atoms with Crippen molar-refractivity contribution in [3.63, 3.8) is 0 Å². The van der Waals surface area contributed by atoms with Crippen molar-refractivity contribution in [1.29, 1.82) is 0 Å². The smallest absolute Gasteiger partial charge is 0.0639 e. The molecule has 2 aliphatic rings. The maximum Gasteiger partial charge on any atom is 0.0639 e. The topological polar surface area (TPSA) is 26.7 Å². The van der Waals surface area contributed by atoms with Crippen molar-refractivity contribution < 1.29 is 5.11 Å². The van der Waals surface area contributed by atoms with Gasteiger partial charge in [0.05, 0.1) is 6.10 Å². The lowest BCUT2D eigenvalue weighted by Gasteiger charge is -2.40. The molecule has 0 radical (unpaired) electrons. The van der Waals surface area contributed by atoms with E-state index >= 15 is 0 Å². The van der Waals surface area contributed by atoms with E-state index in [0.29, 0.717) is 6.04 Å². The van der Waals surface area contributed by atoms with E-state index in [1.807, 2.05) is 6.92 Å². The summed E-state index contributed by atoms with van der Waals surface area (Å²) in [7, 11) is 0. The Morgan fingerprint density at radius 3 is 2.57 bits per heavy atom. The molecule has 0 bridgehead atoms. The first-order valence-electron chi connectivity index (χ1n) is 5.83. The summed E-state index contributed by atoms with van der Waals surface area (Å²) in [5, 5.41) is 9.35. The molecular formula is C11H22N2O. The Bertz CT molecular complexity index is 192. The molecule has 1 aliphatic heterocycles. The molecule has 1 unspecified atom stereocenters. The van der Waals surface area contributed by atoms with Crippen molar-refractivity contribution in [3.05, 3.63) is 0 Å². The van der Waals surface area contributed by atoms with Crippen LogP contribution in [-0.2, 0) is 0 Å². The Balaban J connectivity index is 1.80. The molecule has 1 aliphatic carbocycles. The summed E-state index contributed by atoms with van der Waals surface area (Å²) in [6, 6.07) is 1.50. The number of aliphatic hydroxyl groups excluding tert-OH is 1. The van der Waals surface area contributed by atoms with Gasteiger partial charge in [0.15, 0.2) is 0 Å². The van der Waals surface area contributed by atoms with E-state index in [1.54, 1.807) is 0 Å². The minimum absolute atomic E-state index is 0.190. The van der Waals surface area contributed by atoms with Gasteiger partial charge in [-0.15, -0.1) is 0 Å². The van der Waals surface area contributed by atoms with Crippen molar-refractivity contribution >= 4 is 0 Å². The lowest BCUT2D eigenvalue weighted by atomic mass is 10.1. The van der Waals surface area contributed by atoms with Crippen molar-refractivity contribution in [2.45, 2.75) is 44.9 Å². The SMILES string of the molecule is CC1CN(C2CC2)CCN1C[C@@H](C)O. The average molecular weight is 198 g/mol. The Morgan fingerprint density at radius 1 is 1.36 bits per heavy atom. The number of aliphatic hydroxyl groups is 1. The molecule has 0 amide bonds. The predicted octanol–water partition coefficient (Wildman–Crippen LogP) is 0.536. The zero-order valence-electron chi connectivity index (χ0n) is 9.32. The molecule has 2 atom stereocenters. The number of rotatable bonds is 3. The van der Waals surface area contributed by atoms with Crippen molar-refractivity contribution in [3.8, 4) is 0 Å². The second kappa shape index (κ2) is 4.17. The highest BCUT2D eigenvalue weighted by molar-refractivity contribution is 4.90. The Morgan fingerprint density at radius 2 is 2.07 bits per heavy atom. The van der Waals surface area contributed by atoms with Crippen LogP contribution in [0.15, 0.2) is 0 Å². The molecule has 3 heteroatoms. The van der Waals surface area contributed by atoms with Crippen molar-refractivity contribution in [2.75, 3.05) is 26.2 Å². The highest BCUT2D eigenvalue weighted by atomic mass is 16.3. The first-order chi connectivity index (χ1) is 6.66. The summed E-state index contributed by atoms with van der Waals surface area (Å²) >= 11 is 0. The summed E-state index contributed by atoms with van der Waals surface area (Å²) in [6.07, 6.45) is 2.62. The zero-order chi connectivity index (χ0) is 10.1. The van der Waals surface area contributed by atoms with Crippen LogP contribution in [0.25, 0.3) is 0 Å². The fourth-order valence-electron chi connectivity index (χ4n) is 2.41. The van der Waals surface area contributed by atoms with Gasteiger partial charge < -0.3 is 5.11 Å². The molecule has 0 aromatic carbocycles. The van der Waals surface area contributed by atoms with E-state index in [-0.39, 0.29) is 6.10 Å². The van der Waals surface area contributed by atoms with Gasteiger partial charge >= 0.3 is 0 Å². The van der Waals surface area contributed by atoms with Crippen LogP contribution in [0.3, 0.4) is 0 Å². The Labute approximate surface area is 86.7 Å². The zero-order valence-corrected chi connectivity index (χ0v) is 9.32. The molecule has 2 rings (SSSR count). The van der Waals surface area contributed by atoms with Gasteiger partial charge in [-0.2, -0.15) is 0 Å². The molecule has 1 heterocycles. The van der Waals surface area contributed by atoms with Gasteiger partial charge in [-0.3, -0.25) is 9.80 Å². The molecule has 1 N–H and O–H groups in total. The van der Waals surface area contributed by atoms with Gasteiger partial charge in [-0.25, -0.2) is 0 Å². The molecule has 0 aromatic rings. The van der Waals surface area contributed by atoms with E-state index < -0.39 is 0 Å². The van der Waals surface area contributed by atoms with Gasteiger partial charge in [0, 0.05) is 38.3 Å². The molecular weight excluding hydrogens is 176 g/mol. The van der Waals surface area contributed by atoms with E-state index in [4.69, 9.17) is 0 Å². The van der Waals surface area contributed by atoms with Crippen LogP contribution >= 0.6 is 0 Å². The van der Waals surface area contributed by atoms with Gasteiger partial charge in [-0.1, -0.05) is 0 Å². The number of hydrogen-bond donors (Lipinski definition) is 1. The molecule has 14 heavy (non-hydrogen) atoms. The summed E-state index contributed by atoms with van der Waals surface area (Å²) in [6.45, 7) is 8.50. The predicted molar refractivity (Wildman–Crippen MR) is 57.3 cm³/mol. The largest absolute Gasteiger partial charge is 0.392 e. The van der Waals surface area contributed by atoms with Gasteiger partial charge in [0.1, 0.15) is 0 Å². The van der Waals surface area contributed by atoms with Gasteiger partial charge in [0.2, 0.25) is 0 Å². The Kier molecular flexibility index (Phi) is 3.10. The van der Waals surface area contributed by atoms with E-state index in [9.17, 15) is 5.11 Å². The molecule has 1 saturated heterocycles. The molecule has 1 saturated carbocycles. The van der Waals surface area contributed by atoms with Crippen molar-refractivity contribution in [2.24, 2.45) is 0 Å². The number of piperazine rings is 1. The summed E-state index contributed by atoms with van der Waals surface area (Å²) in [5.41, 5.74) is 0. The van der Waals surface area contributed by atoms with Crippen LogP contribution < -0.4 is 0 Å². The summed E-state index contributed by atoms with van der Waals surface area (Å²) < 4.78 is 0. The third kappa shape index (κ3) is 2.47. The maximum absolute atomic E-state index is 9.35. The monoisotopic (exact) mass is 198 g/mol. The molecule has 0 aromatic heterocycles. The van der Waals surface area contributed by atoms with Crippen LogP contribution in [0.4, 0.5) is 0 Å². The third-order valence-electron chi connectivity index (χ3n) is 3.36. The van der Waals surface area contributed by atoms with E-state index in [1.165, 1.54) is 25.9 Å². The van der Waals surface area contributed by atoms with Crippen LogP contribution in [0.2, 0.25) is 0 Å². The van der Waals surface area contributed by atoms with E-state index in [2.05, 4.69) is 16.7 Å². The number of hydrogen-bond acceptors (Lipinski definition) is 3. The van der Waals surface area contributed by atoms with Crippen LogP contribution in [0.5, 0.6) is 0 Å². The van der Waals surface area contributed by atoms with Crippen LogP contribution in [0.1, 0.15) is 26.7 Å². The van der Waals surface area contributed by atoms with Gasteiger partial charge in [-0.05, 0) is 26.7 Å². The first kappa shape index (κ1) is 10.4. The lowest BCUT2D eigenvalue weighted by Crippen LogP contribution is -2.53. The molecule has 0 spiro atoms. The highest BCUT2D eigenvalue weighted by Gasteiger charge is 2.33. The lowest BCUT2D eigenvalue weighted by molar-refractivity contribution is 0.0422. The quantitative estimate of drug-likeness (QED) is 0.717. The average Bonchev–Trinajstić information content (AvgIpc) is 2.90. The standard InChI is InChI=1S/C11H22N2O/c1-9-7-13(11-3-4-11)6-5-12(9)8-10(2)14/h9-11,14H,3-8H2,1-2H3/t9?,10-/m1/s1. The molecule has 2 fully saturated rings. The summed E-state index contributed by atoms with van der Waals surface area (Å²) in [4.78, 5) is 5.02. The normalized spacial score (nSPS) is 33.2. The molecule has 82 valence electrons. The summed E-state index contributed by atoms with van der Waals surface area (Å²) in [5.74, 6) is 0. The Hall–Kier alpha value is -0.120. The minimum Gasteiger partial charge on any atom is -0.392 e. The fourth-order valence-corrected chi connectivity index (χ4v) is 2.41. The third-order valence-corrected chi connectivity index (χ3v) is 3.36. The minimum atomic E-state index is -0.190. The second-order valence-corrected chi connectivity index (χ2v) is 4.92. The van der Waals surface area contributed by atoms with Crippen LogP contribution in [0, 0.1) is 0 Å². The first-order valence-corrected chi connectivity index (χ1v) is 5.83. The maximum atomic E-state index is 9.35.